The van der Waals surface area contributed by atoms with E-state index >= 15 is 0 Å². The number of unbranched alkanes of at least 4 members (excludes halogenated alkanes) is 1. The molecule has 7 heteroatoms. The molecular formula is C37H35N3O3S. The molecule has 1 fully saturated rings. The second-order valence-corrected chi connectivity index (χ2v) is 12.9. The van der Waals surface area contributed by atoms with Gasteiger partial charge in [-0.3, -0.25) is 9.59 Å². The summed E-state index contributed by atoms with van der Waals surface area (Å²) < 4.78 is 1.11. The van der Waals surface area contributed by atoms with Crippen molar-refractivity contribution in [1.29, 1.82) is 0 Å². The maximum atomic E-state index is 13.4. The smallest absolute Gasteiger partial charge is 0.318 e. The average Bonchev–Trinajstić information content (AvgIpc) is 3.62. The maximum absolute atomic E-state index is 13.4. The van der Waals surface area contributed by atoms with Crippen LogP contribution in [0.4, 0.5) is 0 Å². The first-order chi connectivity index (χ1) is 21.5. The van der Waals surface area contributed by atoms with Gasteiger partial charge in [-0.05, 0) is 72.7 Å². The number of nitrogens with one attached hydrogen (secondary N) is 1. The number of para-hydroxylation sites is 1. The van der Waals surface area contributed by atoms with Crippen molar-refractivity contribution in [1.82, 2.24) is 15.2 Å². The number of carboxylic acids is 1. The van der Waals surface area contributed by atoms with Crippen LogP contribution >= 0.6 is 11.3 Å². The Morgan fingerprint density at radius 1 is 0.818 bits per heavy atom. The Balaban J connectivity index is 0.941. The Labute approximate surface area is 261 Å². The highest BCUT2D eigenvalue weighted by Crippen LogP contribution is 2.51. The summed E-state index contributed by atoms with van der Waals surface area (Å²) in [5.41, 5.74) is 5.39. The van der Waals surface area contributed by atoms with Gasteiger partial charge in [0.2, 0.25) is 0 Å². The van der Waals surface area contributed by atoms with Gasteiger partial charge in [0.1, 0.15) is 10.4 Å². The number of carboxylic acid groups (broad SMARTS) is 1. The van der Waals surface area contributed by atoms with Gasteiger partial charge in [-0.1, -0.05) is 85.3 Å². The molecule has 2 aliphatic rings. The fourth-order valence-corrected chi connectivity index (χ4v) is 8.08. The zero-order valence-electron chi connectivity index (χ0n) is 24.5. The average molecular weight is 602 g/mol. The van der Waals surface area contributed by atoms with Gasteiger partial charge in [-0.15, -0.1) is 11.3 Å². The SMILES string of the molecule is O=C(NC1CCN(CCCCC2(C(=O)O)c3ccccc3-c3ccccc32)CC1)c1ccccc1-c1nc2ccccc2s1. The second-order valence-electron chi connectivity index (χ2n) is 11.9. The Kier molecular flexibility index (Phi) is 7.75. The summed E-state index contributed by atoms with van der Waals surface area (Å²) >= 11 is 1.61. The Bertz CT molecular complexity index is 1760. The first-order valence-corrected chi connectivity index (χ1v) is 16.3. The lowest BCUT2D eigenvalue weighted by atomic mass is 9.74. The molecule has 1 aliphatic heterocycles. The van der Waals surface area contributed by atoms with Gasteiger partial charge < -0.3 is 15.3 Å². The fraction of sp³-hybridized carbons (Fsp3) is 0.270. The van der Waals surface area contributed by atoms with E-state index in [1.165, 1.54) is 0 Å². The molecule has 2 N–H and O–H groups in total. The predicted octanol–water partition coefficient (Wildman–Crippen LogP) is 7.38. The van der Waals surface area contributed by atoms with E-state index in [2.05, 4.69) is 16.3 Å². The molecule has 7 rings (SSSR count). The number of nitrogens with zero attached hydrogens (tertiary/aromatic N) is 2. The van der Waals surface area contributed by atoms with Crippen molar-refractivity contribution in [2.24, 2.45) is 0 Å². The molecule has 2 heterocycles. The van der Waals surface area contributed by atoms with E-state index in [-0.39, 0.29) is 11.9 Å². The van der Waals surface area contributed by atoms with Gasteiger partial charge in [0.25, 0.3) is 5.91 Å². The lowest BCUT2D eigenvalue weighted by Gasteiger charge is -2.33. The van der Waals surface area contributed by atoms with E-state index in [0.717, 1.165) is 88.4 Å². The van der Waals surface area contributed by atoms with Crippen LogP contribution in [0.2, 0.25) is 0 Å². The summed E-state index contributed by atoms with van der Waals surface area (Å²) in [6.45, 7) is 2.76. The quantitative estimate of drug-likeness (QED) is 0.172. The van der Waals surface area contributed by atoms with Gasteiger partial charge in [-0.25, -0.2) is 4.98 Å². The normalized spacial score (nSPS) is 16.0. The number of amides is 1. The molecule has 0 atom stereocenters. The monoisotopic (exact) mass is 601 g/mol. The molecule has 1 amide bonds. The Morgan fingerprint density at radius 3 is 2.11 bits per heavy atom. The predicted molar refractivity (Wildman–Crippen MR) is 176 cm³/mol. The van der Waals surface area contributed by atoms with Crippen LogP contribution in [-0.2, 0) is 10.2 Å². The van der Waals surface area contributed by atoms with E-state index in [1.54, 1.807) is 11.3 Å². The third-order valence-corrected chi connectivity index (χ3v) is 10.4. The number of aromatic nitrogens is 1. The zero-order chi connectivity index (χ0) is 30.1. The van der Waals surface area contributed by atoms with E-state index < -0.39 is 11.4 Å². The number of thiazole rings is 1. The van der Waals surface area contributed by atoms with Crippen LogP contribution in [0.25, 0.3) is 31.9 Å². The van der Waals surface area contributed by atoms with Crippen LogP contribution in [-0.4, -0.2) is 52.5 Å². The van der Waals surface area contributed by atoms with Crippen molar-refractivity contribution in [2.75, 3.05) is 19.6 Å². The standard InChI is InChI=1S/C37H35N3O3S/c41-34(28-13-1-2-14-29(28)35-39-32-17-7-8-18-33(32)44-35)38-25-19-23-40(24-20-25)22-10-9-21-37(36(42)43)30-15-5-3-11-26(30)27-12-4-6-16-31(27)37/h1-8,11-18,25H,9-10,19-24H2,(H,38,41)(H,42,43). The summed E-state index contributed by atoms with van der Waals surface area (Å²) in [6, 6.07) is 31.8. The number of piperidine rings is 1. The van der Waals surface area contributed by atoms with Crippen LogP contribution in [0.3, 0.4) is 0 Å². The van der Waals surface area contributed by atoms with Crippen molar-refractivity contribution < 1.29 is 14.7 Å². The molecule has 1 aromatic heterocycles. The number of fused-ring (bicyclic) bond motifs is 4. The third-order valence-electron chi connectivity index (χ3n) is 9.32. The first kappa shape index (κ1) is 28.4. The maximum Gasteiger partial charge on any atom is 0.318 e. The Morgan fingerprint density at radius 2 is 1.43 bits per heavy atom. The number of hydrogen-bond acceptors (Lipinski definition) is 5. The van der Waals surface area contributed by atoms with Gasteiger partial charge in [0.05, 0.1) is 10.2 Å². The molecule has 1 aliphatic carbocycles. The molecule has 0 spiro atoms. The number of carbonyl (C=O) groups is 2. The number of hydrogen-bond donors (Lipinski definition) is 2. The molecule has 4 aromatic carbocycles. The van der Waals surface area contributed by atoms with Crippen molar-refractivity contribution in [3.05, 3.63) is 114 Å². The lowest BCUT2D eigenvalue weighted by molar-refractivity contribution is -0.142. The summed E-state index contributed by atoms with van der Waals surface area (Å²) in [5.74, 6) is -0.814. The van der Waals surface area contributed by atoms with Crippen LogP contribution < -0.4 is 5.32 Å². The minimum absolute atomic E-state index is 0.0469. The summed E-state index contributed by atoms with van der Waals surface area (Å²) in [4.78, 5) is 33.5. The fourth-order valence-electron chi connectivity index (χ4n) is 7.08. The molecule has 5 aromatic rings. The van der Waals surface area contributed by atoms with Crippen LogP contribution in [0.5, 0.6) is 0 Å². The highest BCUT2D eigenvalue weighted by molar-refractivity contribution is 7.21. The first-order valence-electron chi connectivity index (χ1n) is 15.5. The molecule has 1 saturated heterocycles. The van der Waals surface area contributed by atoms with Gasteiger partial charge in [0, 0.05) is 30.3 Å². The highest BCUT2D eigenvalue weighted by Gasteiger charge is 2.48. The molecule has 222 valence electrons. The highest BCUT2D eigenvalue weighted by atomic mass is 32.1. The summed E-state index contributed by atoms with van der Waals surface area (Å²) in [6.07, 6.45) is 4.14. The van der Waals surface area contributed by atoms with Crippen LogP contribution in [0, 0.1) is 0 Å². The number of benzene rings is 4. The summed E-state index contributed by atoms with van der Waals surface area (Å²) in [7, 11) is 0. The van der Waals surface area contributed by atoms with Crippen molar-refractivity contribution >= 4 is 33.4 Å². The van der Waals surface area contributed by atoms with Gasteiger partial charge >= 0.3 is 5.97 Å². The number of rotatable bonds is 9. The zero-order valence-corrected chi connectivity index (χ0v) is 25.4. The topological polar surface area (TPSA) is 82.5 Å². The molecule has 0 radical (unpaired) electrons. The lowest BCUT2D eigenvalue weighted by Crippen LogP contribution is -2.45. The number of carbonyl (C=O) groups excluding carboxylic acids is 1. The molecular weight excluding hydrogens is 566 g/mol. The van der Waals surface area contributed by atoms with Gasteiger partial charge in [-0.2, -0.15) is 0 Å². The number of likely N-dealkylation sites (tertiary alicyclic amines) is 1. The largest absolute Gasteiger partial charge is 0.480 e. The van der Waals surface area contributed by atoms with Crippen LogP contribution in [0.1, 0.15) is 53.6 Å². The van der Waals surface area contributed by atoms with E-state index in [1.807, 2.05) is 91.0 Å². The molecule has 0 bridgehead atoms. The minimum Gasteiger partial charge on any atom is -0.480 e. The molecule has 44 heavy (non-hydrogen) atoms. The van der Waals surface area contributed by atoms with Gasteiger partial charge in [0.15, 0.2) is 0 Å². The summed E-state index contributed by atoms with van der Waals surface area (Å²) in [5, 5.41) is 14.7. The van der Waals surface area contributed by atoms with Crippen LogP contribution in [0.15, 0.2) is 97.1 Å². The molecule has 6 nitrogen and oxygen atoms in total. The van der Waals surface area contributed by atoms with Crippen molar-refractivity contribution in [3.8, 4) is 21.7 Å². The van der Waals surface area contributed by atoms with Crippen molar-refractivity contribution in [2.45, 2.75) is 43.6 Å². The Hall–Kier alpha value is -4.33. The van der Waals surface area contributed by atoms with E-state index in [0.29, 0.717) is 12.0 Å². The third kappa shape index (κ3) is 5.10. The van der Waals surface area contributed by atoms with E-state index in [4.69, 9.17) is 4.98 Å². The molecule has 0 unspecified atom stereocenters. The number of aliphatic carboxylic acids is 1. The minimum atomic E-state index is -0.994. The second kappa shape index (κ2) is 12.0. The van der Waals surface area contributed by atoms with Crippen molar-refractivity contribution in [3.63, 3.8) is 0 Å². The van der Waals surface area contributed by atoms with E-state index in [9.17, 15) is 14.7 Å². The molecule has 0 saturated carbocycles.